The van der Waals surface area contributed by atoms with Crippen molar-refractivity contribution in [3.63, 3.8) is 0 Å². The van der Waals surface area contributed by atoms with E-state index in [1.165, 1.54) is 25.7 Å². The van der Waals surface area contributed by atoms with Crippen LogP contribution in [0.15, 0.2) is 23.1 Å². The Bertz CT molecular complexity index is 576. The van der Waals surface area contributed by atoms with E-state index in [9.17, 15) is 8.42 Å². The van der Waals surface area contributed by atoms with Crippen molar-refractivity contribution in [1.29, 1.82) is 0 Å². The Kier molecular flexibility index (Phi) is 5.27. The van der Waals surface area contributed by atoms with Crippen molar-refractivity contribution in [2.75, 3.05) is 12.3 Å². The van der Waals surface area contributed by atoms with E-state index in [-0.39, 0.29) is 0 Å². The number of rotatable bonds is 5. The molecule has 0 aromatic heterocycles. The zero-order chi connectivity index (χ0) is 15.5. The highest BCUT2D eigenvalue weighted by Gasteiger charge is 2.20. The first-order valence-corrected chi connectivity index (χ1v) is 9.23. The number of nitrogens with one attached hydrogen (secondary N) is 1. The van der Waals surface area contributed by atoms with Gasteiger partial charge in [-0.3, -0.25) is 0 Å². The van der Waals surface area contributed by atoms with Crippen LogP contribution in [0.1, 0.15) is 44.6 Å². The molecule has 0 aliphatic heterocycles. The number of benzene rings is 1. The second-order valence-corrected chi connectivity index (χ2v) is 8.02. The topological polar surface area (TPSA) is 72.2 Å². The molecule has 0 heterocycles. The molecule has 1 aromatic rings. The molecule has 0 amide bonds. The molecule has 1 aliphatic carbocycles. The lowest BCUT2D eigenvalue weighted by Crippen LogP contribution is -2.27. The smallest absolute Gasteiger partial charge is 0.240 e. The van der Waals surface area contributed by atoms with E-state index in [1.807, 2.05) is 0 Å². The first-order valence-electron chi connectivity index (χ1n) is 7.75. The molecule has 0 spiro atoms. The highest BCUT2D eigenvalue weighted by molar-refractivity contribution is 7.89. The molecule has 0 saturated heterocycles. The first-order chi connectivity index (χ1) is 9.90. The maximum atomic E-state index is 12.3. The van der Waals surface area contributed by atoms with Crippen LogP contribution in [0.3, 0.4) is 0 Å². The third-order valence-corrected chi connectivity index (χ3v) is 6.20. The molecular weight excluding hydrogens is 284 g/mol. The fourth-order valence-electron chi connectivity index (χ4n) is 3.02. The third-order valence-electron chi connectivity index (χ3n) is 4.60. The molecule has 0 bridgehead atoms. The van der Waals surface area contributed by atoms with E-state index in [4.69, 9.17) is 5.73 Å². The summed E-state index contributed by atoms with van der Waals surface area (Å²) in [5.74, 6) is 1.48. The largest absolute Gasteiger partial charge is 0.398 e. The van der Waals surface area contributed by atoms with Gasteiger partial charge in [-0.1, -0.05) is 38.7 Å². The quantitative estimate of drug-likeness (QED) is 0.821. The maximum Gasteiger partial charge on any atom is 0.240 e. The van der Waals surface area contributed by atoms with Gasteiger partial charge >= 0.3 is 0 Å². The summed E-state index contributed by atoms with van der Waals surface area (Å²) in [6.45, 7) is 4.55. The molecule has 1 aromatic carbocycles. The van der Waals surface area contributed by atoms with Gasteiger partial charge in [0.2, 0.25) is 10.0 Å². The molecule has 2 rings (SSSR count). The molecule has 0 atom stereocenters. The summed E-state index contributed by atoms with van der Waals surface area (Å²) >= 11 is 0. The highest BCUT2D eigenvalue weighted by Crippen LogP contribution is 2.30. The van der Waals surface area contributed by atoms with Crippen molar-refractivity contribution in [2.24, 2.45) is 11.8 Å². The minimum Gasteiger partial charge on any atom is -0.398 e. The third kappa shape index (κ3) is 4.20. The zero-order valence-corrected chi connectivity index (χ0v) is 13.7. The van der Waals surface area contributed by atoms with E-state index < -0.39 is 10.0 Å². The summed E-state index contributed by atoms with van der Waals surface area (Å²) in [5.41, 5.74) is 6.92. The average Bonchev–Trinajstić information content (AvgIpc) is 2.44. The number of hydrogen-bond acceptors (Lipinski definition) is 3. The van der Waals surface area contributed by atoms with E-state index >= 15 is 0 Å². The second-order valence-electron chi connectivity index (χ2n) is 6.28. The molecule has 4 nitrogen and oxygen atoms in total. The molecule has 21 heavy (non-hydrogen) atoms. The van der Waals surface area contributed by atoms with Crippen molar-refractivity contribution in [1.82, 2.24) is 4.72 Å². The summed E-state index contributed by atoms with van der Waals surface area (Å²) in [4.78, 5) is 0.291. The monoisotopic (exact) mass is 310 g/mol. The molecule has 0 unspecified atom stereocenters. The SMILES string of the molecule is Cc1c(N)cccc1S(=O)(=O)NCCC1CCC(C)CC1. The highest BCUT2D eigenvalue weighted by atomic mass is 32.2. The van der Waals surface area contributed by atoms with Crippen LogP contribution in [0, 0.1) is 18.8 Å². The molecule has 3 N–H and O–H groups in total. The second kappa shape index (κ2) is 6.79. The normalized spacial score (nSPS) is 23.1. The lowest BCUT2D eigenvalue weighted by atomic mass is 9.81. The van der Waals surface area contributed by atoms with Crippen LogP contribution in [0.2, 0.25) is 0 Å². The Hall–Kier alpha value is -1.07. The van der Waals surface area contributed by atoms with Crippen LogP contribution < -0.4 is 10.5 Å². The van der Waals surface area contributed by atoms with Gasteiger partial charge in [0.05, 0.1) is 4.90 Å². The van der Waals surface area contributed by atoms with E-state index in [2.05, 4.69) is 11.6 Å². The number of nitrogens with two attached hydrogens (primary N) is 1. The van der Waals surface area contributed by atoms with Crippen LogP contribution in [0.5, 0.6) is 0 Å². The van der Waals surface area contributed by atoms with Gasteiger partial charge in [0.1, 0.15) is 0 Å². The van der Waals surface area contributed by atoms with Gasteiger partial charge < -0.3 is 5.73 Å². The Morgan fingerprint density at radius 1 is 1.24 bits per heavy atom. The lowest BCUT2D eigenvalue weighted by molar-refractivity contribution is 0.278. The Morgan fingerprint density at radius 2 is 1.90 bits per heavy atom. The van der Waals surface area contributed by atoms with Crippen LogP contribution in [0.4, 0.5) is 5.69 Å². The number of hydrogen-bond donors (Lipinski definition) is 2. The molecule has 5 heteroatoms. The summed E-state index contributed by atoms with van der Waals surface area (Å²) < 4.78 is 27.4. The fraction of sp³-hybridized carbons (Fsp3) is 0.625. The minimum atomic E-state index is -3.46. The predicted molar refractivity (Wildman–Crippen MR) is 86.5 cm³/mol. The van der Waals surface area contributed by atoms with E-state index in [1.54, 1.807) is 25.1 Å². The van der Waals surface area contributed by atoms with Crippen LogP contribution >= 0.6 is 0 Å². The van der Waals surface area contributed by atoms with Crippen molar-refractivity contribution in [2.45, 2.75) is 50.8 Å². The van der Waals surface area contributed by atoms with Gasteiger partial charge in [0, 0.05) is 12.2 Å². The van der Waals surface area contributed by atoms with Gasteiger partial charge in [-0.25, -0.2) is 13.1 Å². The summed E-state index contributed by atoms with van der Waals surface area (Å²) in [7, 11) is -3.46. The molecule has 118 valence electrons. The van der Waals surface area contributed by atoms with Crippen molar-refractivity contribution < 1.29 is 8.42 Å². The summed E-state index contributed by atoms with van der Waals surface area (Å²) in [5, 5.41) is 0. The summed E-state index contributed by atoms with van der Waals surface area (Å²) in [6.07, 6.45) is 5.91. The zero-order valence-electron chi connectivity index (χ0n) is 12.9. The van der Waals surface area contributed by atoms with Gasteiger partial charge in [0.25, 0.3) is 0 Å². The molecular formula is C16H26N2O2S. The Labute approximate surface area is 128 Å². The van der Waals surface area contributed by atoms with E-state index in [0.717, 1.165) is 12.3 Å². The van der Waals surface area contributed by atoms with Crippen LogP contribution in [0.25, 0.3) is 0 Å². The van der Waals surface area contributed by atoms with Crippen molar-refractivity contribution >= 4 is 15.7 Å². The molecule has 1 aliphatic rings. The van der Waals surface area contributed by atoms with Crippen molar-refractivity contribution in [3.05, 3.63) is 23.8 Å². The average molecular weight is 310 g/mol. The molecule has 1 saturated carbocycles. The van der Waals surface area contributed by atoms with Crippen LogP contribution in [-0.2, 0) is 10.0 Å². The predicted octanol–water partition coefficient (Wildman–Crippen LogP) is 3.07. The number of anilines is 1. The molecule has 1 fully saturated rings. The van der Waals surface area contributed by atoms with Crippen LogP contribution in [-0.4, -0.2) is 15.0 Å². The van der Waals surface area contributed by atoms with Gasteiger partial charge in [0.15, 0.2) is 0 Å². The van der Waals surface area contributed by atoms with Crippen molar-refractivity contribution in [3.8, 4) is 0 Å². The fourth-order valence-corrected chi connectivity index (χ4v) is 4.34. The standard InChI is InChI=1S/C16H26N2O2S/c1-12-6-8-14(9-7-12)10-11-18-21(19,20)16-5-3-4-15(17)13(16)2/h3-5,12,14,18H,6-11,17H2,1-2H3. The Morgan fingerprint density at radius 3 is 2.57 bits per heavy atom. The summed E-state index contributed by atoms with van der Waals surface area (Å²) in [6, 6.07) is 5.01. The van der Waals surface area contributed by atoms with Gasteiger partial charge in [-0.05, 0) is 42.9 Å². The minimum absolute atomic E-state index is 0.291. The number of sulfonamides is 1. The van der Waals surface area contributed by atoms with Gasteiger partial charge in [-0.2, -0.15) is 0 Å². The first kappa shape index (κ1) is 16.3. The Balaban J connectivity index is 1.91. The number of nitrogen functional groups attached to an aromatic ring is 1. The van der Waals surface area contributed by atoms with E-state index in [0.29, 0.717) is 28.6 Å². The maximum absolute atomic E-state index is 12.3. The molecule has 0 radical (unpaired) electrons. The van der Waals surface area contributed by atoms with Gasteiger partial charge in [-0.15, -0.1) is 0 Å². The lowest BCUT2D eigenvalue weighted by Gasteiger charge is -2.26.